The minimum atomic E-state index is -0.511. The summed E-state index contributed by atoms with van der Waals surface area (Å²) < 4.78 is 18.1. The maximum Gasteiger partial charge on any atom is 0.261 e. The number of carbonyl (C=O) groups is 4. The van der Waals surface area contributed by atoms with Crippen LogP contribution in [-0.2, 0) is 4.74 Å². The highest BCUT2D eigenvalue weighted by molar-refractivity contribution is 6.22. The summed E-state index contributed by atoms with van der Waals surface area (Å²) in [4.78, 5) is 50.4. The Morgan fingerprint density at radius 2 is 1.58 bits per heavy atom. The second kappa shape index (κ2) is 9.94. The van der Waals surface area contributed by atoms with Crippen molar-refractivity contribution >= 4 is 23.6 Å². The van der Waals surface area contributed by atoms with E-state index in [0.717, 1.165) is 11.0 Å². The van der Waals surface area contributed by atoms with E-state index in [4.69, 9.17) is 4.74 Å². The van der Waals surface area contributed by atoms with Crippen molar-refractivity contribution in [3.63, 3.8) is 0 Å². The fourth-order valence-electron chi connectivity index (χ4n) is 3.19. The number of amides is 4. The van der Waals surface area contributed by atoms with Crippen LogP contribution in [-0.4, -0.2) is 61.9 Å². The van der Waals surface area contributed by atoms with Gasteiger partial charge in [0.1, 0.15) is 5.82 Å². The largest absolute Gasteiger partial charge is 0.385 e. The number of nitrogens with zero attached hydrogens (tertiary/aromatic N) is 1. The molecule has 2 aromatic carbocycles. The lowest BCUT2D eigenvalue weighted by molar-refractivity contribution is 0.0638. The number of ether oxygens (including phenoxy) is 1. The van der Waals surface area contributed by atoms with E-state index in [1.807, 2.05) is 0 Å². The monoisotopic (exact) mass is 427 g/mol. The Kier molecular flexibility index (Phi) is 7.09. The molecule has 0 saturated carbocycles. The van der Waals surface area contributed by atoms with Crippen LogP contribution in [0, 0.1) is 5.82 Å². The predicted octanol–water partition coefficient (Wildman–Crippen LogP) is 1.62. The van der Waals surface area contributed by atoms with E-state index in [1.54, 1.807) is 7.11 Å². The highest BCUT2D eigenvalue weighted by atomic mass is 19.1. The number of benzene rings is 2. The Bertz CT molecular complexity index is 1020. The van der Waals surface area contributed by atoms with Gasteiger partial charge >= 0.3 is 0 Å². The maximum atomic E-state index is 13.2. The molecule has 0 aromatic heterocycles. The molecule has 1 aliphatic heterocycles. The summed E-state index contributed by atoms with van der Waals surface area (Å²) in [6, 6.07) is 9.62. The Labute approximate surface area is 178 Å². The average Bonchev–Trinajstić information content (AvgIpc) is 3.01. The number of hydrogen-bond acceptors (Lipinski definition) is 5. The molecule has 0 radical (unpaired) electrons. The lowest BCUT2D eigenvalue weighted by Gasteiger charge is -2.12. The van der Waals surface area contributed by atoms with Gasteiger partial charge in [0.05, 0.1) is 11.1 Å². The van der Waals surface area contributed by atoms with Crippen LogP contribution in [0.2, 0.25) is 0 Å². The van der Waals surface area contributed by atoms with Crippen molar-refractivity contribution < 1.29 is 28.3 Å². The lowest BCUT2D eigenvalue weighted by Crippen LogP contribution is -2.34. The van der Waals surface area contributed by atoms with Gasteiger partial charge in [-0.3, -0.25) is 24.1 Å². The first-order valence-corrected chi connectivity index (χ1v) is 9.73. The zero-order valence-corrected chi connectivity index (χ0v) is 16.9. The fourth-order valence-corrected chi connectivity index (χ4v) is 3.19. The van der Waals surface area contributed by atoms with Crippen molar-refractivity contribution in [3.05, 3.63) is 70.5 Å². The zero-order valence-electron chi connectivity index (χ0n) is 16.9. The Morgan fingerprint density at radius 3 is 2.23 bits per heavy atom. The molecule has 162 valence electrons. The summed E-state index contributed by atoms with van der Waals surface area (Å²) >= 11 is 0. The van der Waals surface area contributed by atoms with Crippen molar-refractivity contribution in [2.45, 2.75) is 6.42 Å². The molecule has 0 aliphatic carbocycles. The van der Waals surface area contributed by atoms with Gasteiger partial charge in [0.2, 0.25) is 0 Å². The van der Waals surface area contributed by atoms with Crippen molar-refractivity contribution in [2.24, 2.45) is 0 Å². The average molecular weight is 427 g/mol. The van der Waals surface area contributed by atoms with Crippen LogP contribution in [0.1, 0.15) is 47.9 Å². The van der Waals surface area contributed by atoms with Gasteiger partial charge < -0.3 is 15.4 Å². The second-order valence-electron chi connectivity index (χ2n) is 6.89. The molecular weight excluding hydrogens is 405 g/mol. The summed E-state index contributed by atoms with van der Waals surface area (Å²) in [6.45, 7) is 0.938. The van der Waals surface area contributed by atoms with Crippen LogP contribution in [0.3, 0.4) is 0 Å². The van der Waals surface area contributed by atoms with Crippen LogP contribution >= 0.6 is 0 Å². The number of methoxy groups -OCH3 is 1. The fraction of sp³-hybridized carbons (Fsp3) is 0.273. The van der Waals surface area contributed by atoms with E-state index in [1.165, 1.54) is 36.4 Å². The quantitative estimate of drug-likeness (QED) is 0.467. The number of nitrogens with one attached hydrogen (secondary N) is 2. The normalized spacial score (nSPS) is 12.6. The van der Waals surface area contributed by atoms with Crippen LogP contribution in [0.15, 0.2) is 42.5 Å². The van der Waals surface area contributed by atoms with Crippen LogP contribution in [0.4, 0.5) is 4.39 Å². The van der Waals surface area contributed by atoms with E-state index in [-0.39, 0.29) is 47.8 Å². The van der Waals surface area contributed by atoms with E-state index >= 15 is 0 Å². The molecule has 4 amide bonds. The molecule has 0 spiro atoms. The molecule has 0 fully saturated rings. The number of carbonyl (C=O) groups excluding carboxylic acids is 4. The second-order valence-corrected chi connectivity index (χ2v) is 6.89. The van der Waals surface area contributed by atoms with Gasteiger partial charge in [0.25, 0.3) is 23.6 Å². The SMILES string of the molecule is COCCCN1C(=O)c2ccc(C(=O)NCCNC(=O)c3cccc(F)c3)cc2C1=O. The molecular formula is C22H22FN3O5. The molecule has 3 rings (SSSR count). The summed E-state index contributed by atoms with van der Waals surface area (Å²) in [5.74, 6) is -2.23. The molecule has 0 atom stereocenters. The molecule has 2 aromatic rings. The van der Waals surface area contributed by atoms with E-state index in [0.29, 0.717) is 13.0 Å². The molecule has 0 saturated heterocycles. The third-order valence-electron chi connectivity index (χ3n) is 4.75. The van der Waals surface area contributed by atoms with Crippen LogP contribution in [0.25, 0.3) is 0 Å². The van der Waals surface area contributed by atoms with E-state index in [2.05, 4.69) is 10.6 Å². The Balaban J connectivity index is 1.54. The third kappa shape index (κ3) is 5.13. The first kappa shape index (κ1) is 22.1. The highest BCUT2D eigenvalue weighted by Crippen LogP contribution is 2.24. The van der Waals surface area contributed by atoms with Crippen molar-refractivity contribution in [1.29, 1.82) is 0 Å². The summed E-state index contributed by atoms with van der Waals surface area (Å²) in [5.41, 5.74) is 0.870. The van der Waals surface area contributed by atoms with Gasteiger partial charge in [-0.1, -0.05) is 6.07 Å². The first-order valence-electron chi connectivity index (χ1n) is 9.73. The summed E-state index contributed by atoms with van der Waals surface area (Å²) in [7, 11) is 1.54. The minimum Gasteiger partial charge on any atom is -0.385 e. The Hall–Kier alpha value is -3.59. The standard InChI is InChI=1S/C22H22FN3O5/c1-31-11-3-10-26-21(29)17-7-6-15(13-18(17)22(26)30)20(28)25-9-8-24-19(27)14-4-2-5-16(23)12-14/h2,4-7,12-13H,3,8-11H2,1H3,(H,24,27)(H,25,28). The van der Waals surface area contributed by atoms with Crippen LogP contribution in [0.5, 0.6) is 0 Å². The topological polar surface area (TPSA) is 105 Å². The molecule has 31 heavy (non-hydrogen) atoms. The number of rotatable bonds is 9. The molecule has 8 nitrogen and oxygen atoms in total. The summed E-state index contributed by atoms with van der Waals surface area (Å²) in [5, 5.41) is 5.22. The highest BCUT2D eigenvalue weighted by Gasteiger charge is 2.35. The lowest BCUT2D eigenvalue weighted by atomic mass is 10.1. The smallest absolute Gasteiger partial charge is 0.261 e. The van der Waals surface area contributed by atoms with E-state index in [9.17, 15) is 23.6 Å². The number of imide groups is 1. The number of fused-ring (bicyclic) bond motifs is 1. The molecule has 9 heteroatoms. The zero-order chi connectivity index (χ0) is 22.4. The van der Waals surface area contributed by atoms with Gasteiger partial charge in [-0.05, 0) is 42.8 Å². The molecule has 0 unspecified atom stereocenters. The first-order chi connectivity index (χ1) is 14.9. The van der Waals surface area contributed by atoms with Gasteiger partial charge in [0.15, 0.2) is 0 Å². The van der Waals surface area contributed by atoms with Gasteiger partial charge in [-0.2, -0.15) is 0 Å². The summed E-state index contributed by atoms with van der Waals surface area (Å²) in [6.07, 6.45) is 0.524. The molecule has 2 N–H and O–H groups in total. The number of halogens is 1. The predicted molar refractivity (Wildman–Crippen MR) is 109 cm³/mol. The molecule has 1 aliphatic rings. The van der Waals surface area contributed by atoms with Crippen molar-refractivity contribution in [1.82, 2.24) is 15.5 Å². The maximum absolute atomic E-state index is 13.2. The van der Waals surface area contributed by atoms with E-state index < -0.39 is 23.5 Å². The van der Waals surface area contributed by atoms with Crippen molar-refractivity contribution in [2.75, 3.05) is 33.4 Å². The van der Waals surface area contributed by atoms with Gasteiger partial charge in [-0.25, -0.2) is 4.39 Å². The third-order valence-corrected chi connectivity index (χ3v) is 4.75. The molecule has 0 bridgehead atoms. The molecule has 1 heterocycles. The van der Waals surface area contributed by atoms with Crippen LogP contribution < -0.4 is 10.6 Å². The minimum absolute atomic E-state index is 0.132. The van der Waals surface area contributed by atoms with Gasteiger partial charge in [-0.15, -0.1) is 0 Å². The number of hydrogen-bond donors (Lipinski definition) is 2. The van der Waals surface area contributed by atoms with Crippen molar-refractivity contribution in [3.8, 4) is 0 Å². The Morgan fingerprint density at radius 1 is 0.935 bits per heavy atom. The van der Waals surface area contributed by atoms with Gasteiger partial charge in [0, 0.05) is 44.5 Å².